The first-order chi connectivity index (χ1) is 13.7. The van der Waals surface area contributed by atoms with E-state index >= 15 is 0 Å². The number of carbonyl (C=O) groups excluding carboxylic acids is 2. The second-order valence-corrected chi connectivity index (χ2v) is 7.20. The zero-order valence-corrected chi connectivity index (χ0v) is 16.9. The summed E-state index contributed by atoms with van der Waals surface area (Å²) in [7, 11) is 0. The lowest BCUT2D eigenvalue weighted by Crippen LogP contribution is -2.52. The van der Waals surface area contributed by atoms with Crippen molar-refractivity contribution in [2.75, 3.05) is 0 Å². The van der Waals surface area contributed by atoms with Crippen molar-refractivity contribution in [2.24, 2.45) is 0 Å². The number of carboxylic acids is 1. The molecule has 29 heavy (non-hydrogen) atoms. The van der Waals surface area contributed by atoms with E-state index < -0.39 is 35.7 Å². The molecule has 0 saturated heterocycles. The molecule has 0 spiro atoms. The molecule has 0 aliphatic rings. The van der Waals surface area contributed by atoms with Crippen LogP contribution in [0.1, 0.15) is 18.1 Å². The highest BCUT2D eigenvalue weighted by molar-refractivity contribution is 6.36. The minimum Gasteiger partial charge on any atom is -0.480 e. The van der Waals surface area contributed by atoms with E-state index in [0.29, 0.717) is 11.1 Å². The number of carbonyl (C=O) groups is 3. The molecule has 0 fully saturated rings. The van der Waals surface area contributed by atoms with Crippen LogP contribution in [0.4, 0.5) is 4.39 Å². The Morgan fingerprint density at radius 1 is 0.966 bits per heavy atom. The van der Waals surface area contributed by atoms with Gasteiger partial charge >= 0.3 is 5.97 Å². The van der Waals surface area contributed by atoms with Gasteiger partial charge in [-0.3, -0.25) is 9.59 Å². The highest BCUT2D eigenvalue weighted by Gasteiger charge is 2.27. The number of aliphatic carboxylic acids is 1. The van der Waals surface area contributed by atoms with E-state index in [1.807, 2.05) is 0 Å². The molecule has 6 nitrogen and oxygen atoms in total. The lowest BCUT2D eigenvalue weighted by Gasteiger charge is -2.22. The minimum atomic E-state index is -1.32. The number of amides is 2. The molecule has 0 heterocycles. The molecule has 2 aromatic rings. The summed E-state index contributed by atoms with van der Waals surface area (Å²) in [6.07, 6.45) is -0.0756. The second kappa shape index (κ2) is 10.2. The van der Waals surface area contributed by atoms with Crippen LogP contribution in [0.2, 0.25) is 10.0 Å². The molecule has 154 valence electrons. The van der Waals surface area contributed by atoms with Crippen molar-refractivity contribution in [2.45, 2.75) is 31.8 Å². The van der Waals surface area contributed by atoms with Crippen molar-refractivity contribution in [1.29, 1.82) is 0 Å². The van der Waals surface area contributed by atoms with Crippen LogP contribution in [0, 0.1) is 5.82 Å². The maximum Gasteiger partial charge on any atom is 0.326 e. The van der Waals surface area contributed by atoms with E-state index in [2.05, 4.69) is 10.6 Å². The Labute approximate surface area is 177 Å². The molecule has 0 aromatic heterocycles. The fourth-order valence-corrected chi connectivity index (χ4v) is 3.27. The van der Waals surface area contributed by atoms with Gasteiger partial charge < -0.3 is 15.7 Å². The van der Waals surface area contributed by atoms with Gasteiger partial charge in [0.2, 0.25) is 11.8 Å². The normalized spacial score (nSPS) is 12.7. The van der Waals surface area contributed by atoms with Crippen LogP contribution < -0.4 is 10.6 Å². The topological polar surface area (TPSA) is 95.5 Å². The van der Waals surface area contributed by atoms with Gasteiger partial charge in [0, 0.05) is 29.8 Å². The first kappa shape index (κ1) is 22.6. The predicted octanol–water partition coefficient (Wildman–Crippen LogP) is 2.99. The van der Waals surface area contributed by atoms with E-state index in [4.69, 9.17) is 23.2 Å². The Morgan fingerprint density at radius 2 is 1.55 bits per heavy atom. The Kier molecular flexibility index (Phi) is 7.99. The van der Waals surface area contributed by atoms with Crippen LogP contribution in [0.3, 0.4) is 0 Å². The summed E-state index contributed by atoms with van der Waals surface area (Å²) in [6.45, 7) is 1.24. The monoisotopic (exact) mass is 440 g/mol. The first-order valence-electron chi connectivity index (χ1n) is 8.65. The lowest BCUT2D eigenvalue weighted by molar-refractivity contribution is -0.142. The average molecular weight is 441 g/mol. The Hall–Kier alpha value is -2.64. The molecule has 2 amide bonds. The van der Waals surface area contributed by atoms with Crippen LogP contribution in [-0.2, 0) is 27.2 Å². The summed E-state index contributed by atoms with van der Waals surface area (Å²) in [5.41, 5.74) is 0.986. The van der Waals surface area contributed by atoms with E-state index in [9.17, 15) is 23.9 Å². The number of hydrogen-bond acceptors (Lipinski definition) is 3. The molecule has 0 aliphatic carbocycles. The highest BCUT2D eigenvalue weighted by atomic mass is 35.5. The maximum absolute atomic E-state index is 13.1. The van der Waals surface area contributed by atoms with Gasteiger partial charge in [0.1, 0.15) is 17.9 Å². The number of hydrogen-bond donors (Lipinski definition) is 3. The molecule has 0 unspecified atom stereocenters. The van der Waals surface area contributed by atoms with Gasteiger partial charge in [-0.05, 0) is 35.4 Å². The van der Waals surface area contributed by atoms with Gasteiger partial charge in [-0.25, -0.2) is 9.18 Å². The Balaban J connectivity index is 2.18. The van der Waals surface area contributed by atoms with Gasteiger partial charge in [-0.1, -0.05) is 41.4 Å². The molecule has 3 N–H and O–H groups in total. The smallest absolute Gasteiger partial charge is 0.326 e. The number of nitrogens with one attached hydrogen (secondary N) is 2. The predicted molar refractivity (Wildman–Crippen MR) is 107 cm³/mol. The highest BCUT2D eigenvalue weighted by Crippen LogP contribution is 2.25. The second-order valence-electron chi connectivity index (χ2n) is 6.39. The van der Waals surface area contributed by atoms with Crippen molar-refractivity contribution in [3.05, 3.63) is 69.5 Å². The van der Waals surface area contributed by atoms with Crippen molar-refractivity contribution >= 4 is 41.0 Å². The summed E-state index contributed by atoms with van der Waals surface area (Å²) in [6, 6.07) is 7.83. The van der Waals surface area contributed by atoms with Gasteiger partial charge in [0.25, 0.3) is 0 Å². The summed E-state index contributed by atoms with van der Waals surface area (Å²) >= 11 is 12.2. The van der Waals surface area contributed by atoms with E-state index in [1.165, 1.54) is 31.2 Å². The quantitative estimate of drug-likeness (QED) is 0.587. The summed E-state index contributed by atoms with van der Waals surface area (Å²) in [5.74, 6) is -2.87. The van der Waals surface area contributed by atoms with Crippen LogP contribution >= 0.6 is 23.2 Å². The molecule has 2 rings (SSSR count). The number of carboxylic acid groups (broad SMARTS) is 1. The van der Waals surface area contributed by atoms with Crippen LogP contribution in [-0.4, -0.2) is 35.0 Å². The van der Waals surface area contributed by atoms with E-state index in [1.54, 1.807) is 18.2 Å². The van der Waals surface area contributed by atoms with E-state index in [0.717, 1.165) is 0 Å². The number of halogens is 3. The molecular weight excluding hydrogens is 422 g/mol. The molecule has 2 atom stereocenters. The largest absolute Gasteiger partial charge is 0.480 e. The summed E-state index contributed by atoms with van der Waals surface area (Å²) in [5, 5.41) is 15.0. The van der Waals surface area contributed by atoms with Crippen molar-refractivity contribution in [3.8, 4) is 0 Å². The van der Waals surface area contributed by atoms with Gasteiger partial charge in [-0.2, -0.15) is 0 Å². The van der Waals surface area contributed by atoms with Crippen molar-refractivity contribution in [3.63, 3.8) is 0 Å². The van der Waals surface area contributed by atoms with E-state index in [-0.39, 0.29) is 22.9 Å². The average Bonchev–Trinajstić information content (AvgIpc) is 2.64. The summed E-state index contributed by atoms with van der Waals surface area (Å²) in [4.78, 5) is 35.9. The first-order valence-corrected chi connectivity index (χ1v) is 9.40. The van der Waals surface area contributed by atoms with Gasteiger partial charge in [0.15, 0.2) is 0 Å². The molecule has 2 aromatic carbocycles. The number of benzene rings is 2. The molecular formula is C20H19Cl2FN2O4. The molecule has 0 saturated carbocycles. The number of rotatable bonds is 8. The standard InChI is InChI=1S/C20H19Cl2FN2O4/c1-11(26)24-17(9-12-5-7-13(23)8-6-12)19(27)25-18(20(28)29)10-14-15(21)3-2-4-16(14)22/h2-8,17-18H,9-10H2,1H3,(H,24,26)(H,25,27)(H,28,29)/t17-,18-/m0/s1. The summed E-state index contributed by atoms with van der Waals surface area (Å²) < 4.78 is 13.1. The Bertz CT molecular complexity index is 886. The van der Waals surface area contributed by atoms with Gasteiger partial charge in [-0.15, -0.1) is 0 Å². The Morgan fingerprint density at radius 3 is 2.07 bits per heavy atom. The van der Waals surface area contributed by atoms with Crippen molar-refractivity contribution < 1.29 is 23.9 Å². The van der Waals surface area contributed by atoms with Crippen LogP contribution in [0.15, 0.2) is 42.5 Å². The van der Waals surface area contributed by atoms with Crippen LogP contribution in [0.5, 0.6) is 0 Å². The lowest BCUT2D eigenvalue weighted by atomic mass is 10.0. The zero-order chi connectivity index (χ0) is 21.6. The molecule has 0 bridgehead atoms. The SMILES string of the molecule is CC(=O)N[C@@H](Cc1ccc(F)cc1)C(=O)N[C@@H](Cc1c(Cl)cccc1Cl)C(=O)O. The van der Waals surface area contributed by atoms with Crippen molar-refractivity contribution in [1.82, 2.24) is 10.6 Å². The fraction of sp³-hybridized carbons (Fsp3) is 0.250. The minimum absolute atomic E-state index is 0.0604. The third-order valence-corrected chi connectivity index (χ3v) is 4.84. The molecule has 0 radical (unpaired) electrons. The molecule has 9 heteroatoms. The third kappa shape index (κ3) is 6.73. The van der Waals surface area contributed by atoms with Gasteiger partial charge in [0.05, 0.1) is 0 Å². The molecule has 0 aliphatic heterocycles. The maximum atomic E-state index is 13.1. The third-order valence-electron chi connectivity index (χ3n) is 4.13. The zero-order valence-electron chi connectivity index (χ0n) is 15.4. The fourth-order valence-electron chi connectivity index (χ4n) is 2.71. The van der Waals surface area contributed by atoms with Crippen LogP contribution in [0.25, 0.3) is 0 Å².